The van der Waals surface area contributed by atoms with E-state index in [0.717, 1.165) is 13.8 Å². The van der Waals surface area contributed by atoms with Gasteiger partial charge in [-0.25, -0.2) is 17.6 Å². The smallest absolute Gasteiger partial charge is 0.164 e. The largest absolute Gasteiger partial charge is 0.246 e. The van der Waals surface area contributed by atoms with Crippen LogP contribution < -0.4 is 0 Å². The topological polar surface area (TPSA) is 0 Å². The highest BCUT2D eigenvalue weighted by Gasteiger charge is 2.19. The van der Waals surface area contributed by atoms with E-state index in [4.69, 9.17) is 0 Å². The van der Waals surface area contributed by atoms with Gasteiger partial charge in [-0.2, -0.15) is 0 Å². The zero-order chi connectivity index (χ0) is 10.2. The van der Waals surface area contributed by atoms with Crippen LogP contribution >= 0.6 is 0 Å². The van der Waals surface area contributed by atoms with E-state index in [2.05, 4.69) is 0 Å². The maximum atomic E-state index is 13.1. The van der Waals surface area contributed by atoms with E-state index in [0.29, 0.717) is 0 Å². The molecule has 0 bridgehead atoms. The monoisotopic (exact) mass is 192 g/mol. The van der Waals surface area contributed by atoms with Crippen molar-refractivity contribution >= 4 is 0 Å². The van der Waals surface area contributed by atoms with Crippen LogP contribution in [0.3, 0.4) is 0 Å². The van der Waals surface area contributed by atoms with Crippen LogP contribution in [0.25, 0.3) is 0 Å². The van der Waals surface area contributed by atoms with Gasteiger partial charge in [-0.05, 0) is 19.4 Å². The van der Waals surface area contributed by atoms with Crippen LogP contribution in [0.1, 0.15) is 16.7 Å². The maximum Gasteiger partial charge on any atom is 0.164 e. The normalized spacial score (nSPS) is 10.6. The molecule has 0 radical (unpaired) electrons. The number of hydrogen-bond acceptors (Lipinski definition) is 0. The summed E-state index contributed by atoms with van der Waals surface area (Å²) in [5, 5.41) is 0. The molecule has 0 aliphatic rings. The lowest BCUT2D eigenvalue weighted by Crippen LogP contribution is -2.03. The zero-order valence-corrected chi connectivity index (χ0v) is 7.22. The molecule has 0 unspecified atom stereocenters. The van der Waals surface area contributed by atoms with Crippen LogP contribution in [0, 0.1) is 31.3 Å². The van der Waals surface area contributed by atoms with Crippen molar-refractivity contribution in [3.63, 3.8) is 0 Å². The molecule has 0 amide bonds. The fourth-order valence-corrected chi connectivity index (χ4v) is 1.11. The minimum atomic E-state index is -1.24. The molecule has 1 aromatic carbocycles. The Labute approximate surface area is 73.2 Å². The van der Waals surface area contributed by atoms with Crippen LogP contribution in [0.15, 0.2) is 0 Å². The van der Waals surface area contributed by atoms with Crippen molar-refractivity contribution in [2.75, 3.05) is 0 Å². The highest BCUT2D eigenvalue weighted by molar-refractivity contribution is 5.34. The van der Waals surface area contributed by atoms with Crippen molar-refractivity contribution in [3.8, 4) is 0 Å². The molecule has 0 nitrogen and oxygen atoms in total. The Hall–Kier alpha value is -1.06. The SMILES string of the molecule is Cc1c(F)c(F)c(C)c(CF)c1F. The third kappa shape index (κ3) is 1.41. The second kappa shape index (κ2) is 3.36. The van der Waals surface area contributed by atoms with Gasteiger partial charge >= 0.3 is 0 Å². The fraction of sp³-hybridized carbons (Fsp3) is 0.333. The Bertz CT molecular complexity index is 315. The first-order chi connectivity index (χ1) is 6.00. The summed E-state index contributed by atoms with van der Waals surface area (Å²) < 4.78 is 51.0. The van der Waals surface area contributed by atoms with Gasteiger partial charge in [0.15, 0.2) is 11.6 Å². The molecule has 0 aromatic heterocycles. The number of alkyl halides is 1. The molecule has 0 heterocycles. The summed E-state index contributed by atoms with van der Waals surface area (Å²) in [6.07, 6.45) is 0. The lowest BCUT2D eigenvalue weighted by molar-refractivity contribution is 0.435. The van der Waals surface area contributed by atoms with Crippen LogP contribution in [-0.2, 0) is 6.67 Å². The average Bonchev–Trinajstić information content (AvgIpc) is 2.13. The molecule has 13 heavy (non-hydrogen) atoms. The third-order valence-corrected chi connectivity index (χ3v) is 2.03. The van der Waals surface area contributed by atoms with Gasteiger partial charge in [-0.15, -0.1) is 0 Å². The Morgan fingerprint density at radius 1 is 0.846 bits per heavy atom. The molecule has 0 fully saturated rings. The van der Waals surface area contributed by atoms with E-state index in [1.165, 1.54) is 0 Å². The maximum absolute atomic E-state index is 13.1. The van der Waals surface area contributed by atoms with Crippen molar-refractivity contribution in [3.05, 3.63) is 34.1 Å². The third-order valence-electron chi connectivity index (χ3n) is 2.03. The summed E-state index contributed by atoms with van der Waals surface area (Å²) in [7, 11) is 0. The summed E-state index contributed by atoms with van der Waals surface area (Å²) in [4.78, 5) is 0. The Morgan fingerprint density at radius 2 is 1.31 bits per heavy atom. The van der Waals surface area contributed by atoms with Crippen molar-refractivity contribution in [1.82, 2.24) is 0 Å². The highest BCUT2D eigenvalue weighted by atomic mass is 19.2. The van der Waals surface area contributed by atoms with E-state index in [1.54, 1.807) is 0 Å². The predicted octanol–water partition coefficient (Wildman–Crippen LogP) is 3.19. The van der Waals surface area contributed by atoms with Crippen LogP contribution in [0.5, 0.6) is 0 Å². The number of benzene rings is 1. The minimum Gasteiger partial charge on any atom is -0.246 e. The van der Waals surface area contributed by atoms with Crippen LogP contribution in [0.4, 0.5) is 17.6 Å². The second-order valence-corrected chi connectivity index (χ2v) is 2.80. The fourth-order valence-electron chi connectivity index (χ4n) is 1.11. The summed E-state index contributed by atoms with van der Waals surface area (Å²) in [5.41, 5.74) is -1.18. The van der Waals surface area contributed by atoms with Gasteiger partial charge < -0.3 is 0 Å². The molecule has 72 valence electrons. The molecule has 0 N–H and O–H groups in total. The average molecular weight is 192 g/mol. The zero-order valence-electron chi connectivity index (χ0n) is 7.22. The Balaban J connectivity index is 3.56. The van der Waals surface area contributed by atoms with Crippen molar-refractivity contribution in [2.24, 2.45) is 0 Å². The summed E-state index contributed by atoms with van der Waals surface area (Å²) in [6.45, 7) is 1.10. The van der Waals surface area contributed by atoms with E-state index in [-0.39, 0.29) is 5.56 Å². The lowest BCUT2D eigenvalue weighted by Gasteiger charge is -2.08. The van der Waals surface area contributed by atoms with Gasteiger partial charge in [0, 0.05) is 11.1 Å². The quantitative estimate of drug-likeness (QED) is 0.473. The summed E-state index contributed by atoms with van der Waals surface area (Å²) >= 11 is 0. The highest BCUT2D eigenvalue weighted by Crippen LogP contribution is 2.24. The summed E-state index contributed by atoms with van der Waals surface area (Å²) in [6, 6.07) is 0. The molecule has 0 aliphatic carbocycles. The molecule has 4 heteroatoms. The molecular weight excluding hydrogens is 184 g/mol. The molecule has 0 saturated heterocycles. The molecule has 1 aromatic rings. The Kier molecular flexibility index (Phi) is 2.59. The van der Waals surface area contributed by atoms with E-state index in [9.17, 15) is 17.6 Å². The first-order valence-electron chi connectivity index (χ1n) is 3.69. The van der Waals surface area contributed by atoms with Crippen molar-refractivity contribution in [2.45, 2.75) is 20.5 Å². The van der Waals surface area contributed by atoms with Gasteiger partial charge in [-0.3, -0.25) is 0 Å². The van der Waals surface area contributed by atoms with Crippen molar-refractivity contribution < 1.29 is 17.6 Å². The van der Waals surface area contributed by atoms with Crippen molar-refractivity contribution in [1.29, 1.82) is 0 Å². The van der Waals surface area contributed by atoms with Gasteiger partial charge in [0.1, 0.15) is 12.5 Å². The van der Waals surface area contributed by atoms with Gasteiger partial charge in [0.2, 0.25) is 0 Å². The van der Waals surface area contributed by atoms with Gasteiger partial charge in [0.25, 0.3) is 0 Å². The molecule has 0 atom stereocenters. The lowest BCUT2D eigenvalue weighted by atomic mass is 10.0. The molecule has 0 spiro atoms. The molecule has 1 rings (SSSR count). The second-order valence-electron chi connectivity index (χ2n) is 2.80. The van der Waals surface area contributed by atoms with Crippen LogP contribution in [-0.4, -0.2) is 0 Å². The number of halogens is 4. The predicted molar refractivity (Wildman–Crippen MR) is 40.6 cm³/mol. The van der Waals surface area contributed by atoms with E-state index in [1.807, 2.05) is 0 Å². The first-order valence-corrected chi connectivity index (χ1v) is 3.69. The molecule has 0 aliphatic heterocycles. The molecule has 0 saturated carbocycles. The van der Waals surface area contributed by atoms with Crippen LogP contribution in [0.2, 0.25) is 0 Å². The van der Waals surface area contributed by atoms with E-state index < -0.39 is 35.3 Å². The van der Waals surface area contributed by atoms with Gasteiger partial charge in [-0.1, -0.05) is 0 Å². The minimum absolute atomic E-state index is 0.303. The standard InChI is InChI=1S/C9H8F4/c1-4-6(3-10)7(11)5(2)9(13)8(4)12/h3H2,1-2H3. The van der Waals surface area contributed by atoms with Gasteiger partial charge in [0.05, 0.1) is 0 Å². The molecular formula is C9H8F4. The Morgan fingerprint density at radius 3 is 1.77 bits per heavy atom. The summed E-state index contributed by atoms with van der Waals surface area (Å²) in [5.74, 6) is -3.42. The first kappa shape index (κ1) is 10.0. The number of rotatable bonds is 1. The van der Waals surface area contributed by atoms with E-state index >= 15 is 0 Å². The number of hydrogen-bond donors (Lipinski definition) is 0.